The van der Waals surface area contributed by atoms with Crippen LogP contribution in [-0.2, 0) is 19.3 Å². The summed E-state index contributed by atoms with van der Waals surface area (Å²) >= 11 is 0. The lowest BCUT2D eigenvalue weighted by Gasteiger charge is -2.07. The number of methoxy groups -OCH3 is 1. The van der Waals surface area contributed by atoms with E-state index >= 15 is 0 Å². The standard InChI is InChI=1S/C16H19NO2/c1-19-15-7-4-13(5-8-15)6-9-16-14(10-12-18)3-2-11-17-16/h2-5,7-8,11,18H,6,9-10,12H2,1H3. The zero-order chi connectivity index (χ0) is 13.5. The highest BCUT2D eigenvalue weighted by atomic mass is 16.5. The van der Waals surface area contributed by atoms with Crippen molar-refractivity contribution in [2.45, 2.75) is 19.3 Å². The van der Waals surface area contributed by atoms with Crippen LogP contribution in [0.1, 0.15) is 16.8 Å². The number of aromatic nitrogens is 1. The first-order valence-electron chi connectivity index (χ1n) is 6.50. The number of aryl methyl sites for hydroxylation is 2. The van der Waals surface area contributed by atoms with Crippen molar-refractivity contribution < 1.29 is 9.84 Å². The molecule has 0 bridgehead atoms. The molecule has 3 nitrogen and oxygen atoms in total. The van der Waals surface area contributed by atoms with Crippen molar-refractivity contribution in [3.05, 3.63) is 59.4 Å². The van der Waals surface area contributed by atoms with Crippen molar-refractivity contribution in [1.82, 2.24) is 4.98 Å². The molecule has 0 atom stereocenters. The Labute approximate surface area is 113 Å². The maximum absolute atomic E-state index is 9.05. The molecule has 0 aliphatic rings. The van der Waals surface area contributed by atoms with Gasteiger partial charge in [0, 0.05) is 18.5 Å². The maximum Gasteiger partial charge on any atom is 0.118 e. The normalized spacial score (nSPS) is 10.4. The molecule has 0 aliphatic carbocycles. The molecule has 1 aromatic heterocycles. The van der Waals surface area contributed by atoms with Crippen molar-refractivity contribution in [2.75, 3.05) is 13.7 Å². The number of rotatable bonds is 6. The van der Waals surface area contributed by atoms with Crippen molar-refractivity contribution in [1.29, 1.82) is 0 Å². The largest absolute Gasteiger partial charge is 0.497 e. The highest BCUT2D eigenvalue weighted by Crippen LogP contribution is 2.14. The molecule has 1 heterocycles. The van der Waals surface area contributed by atoms with Crippen molar-refractivity contribution in [3.63, 3.8) is 0 Å². The van der Waals surface area contributed by atoms with Gasteiger partial charge in [-0.05, 0) is 48.6 Å². The summed E-state index contributed by atoms with van der Waals surface area (Å²) < 4.78 is 5.14. The van der Waals surface area contributed by atoms with Gasteiger partial charge in [-0.15, -0.1) is 0 Å². The number of aliphatic hydroxyl groups excluding tert-OH is 1. The van der Waals surface area contributed by atoms with Crippen LogP contribution in [0.4, 0.5) is 0 Å². The summed E-state index contributed by atoms with van der Waals surface area (Å²) in [4.78, 5) is 4.41. The van der Waals surface area contributed by atoms with Gasteiger partial charge in [0.2, 0.25) is 0 Å². The minimum absolute atomic E-state index is 0.168. The summed E-state index contributed by atoms with van der Waals surface area (Å²) in [6, 6.07) is 12.1. The molecule has 0 saturated heterocycles. The van der Waals surface area contributed by atoms with Gasteiger partial charge in [-0.25, -0.2) is 0 Å². The second kappa shape index (κ2) is 6.90. The first-order chi connectivity index (χ1) is 9.33. The van der Waals surface area contributed by atoms with Gasteiger partial charge < -0.3 is 9.84 Å². The van der Waals surface area contributed by atoms with E-state index in [1.807, 2.05) is 30.5 Å². The molecule has 0 radical (unpaired) electrons. The summed E-state index contributed by atoms with van der Waals surface area (Å²) in [5.41, 5.74) is 3.48. The van der Waals surface area contributed by atoms with Gasteiger partial charge in [0.1, 0.15) is 5.75 Å². The number of ether oxygens (including phenoxy) is 1. The van der Waals surface area contributed by atoms with Crippen LogP contribution in [0.2, 0.25) is 0 Å². The molecule has 0 spiro atoms. The molecular weight excluding hydrogens is 238 g/mol. The summed E-state index contributed by atoms with van der Waals surface area (Å²) in [6.45, 7) is 0.168. The van der Waals surface area contributed by atoms with Crippen LogP contribution in [0.25, 0.3) is 0 Å². The Morgan fingerprint density at radius 3 is 2.53 bits per heavy atom. The van der Waals surface area contributed by atoms with Gasteiger partial charge >= 0.3 is 0 Å². The van der Waals surface area contributed by atoms with Crippen LogP contribution in [0.5, 0.6) is 5.75 Å². The SMILES string of the molecule is COc1ccc(CCc2ncccc2CCO)cc1. The minimum Gasteiger partial charge on any atom is -0.497 e. The number of hydrogen-bond donors (Lipinski definition) is 1. The van der Waals surface area contributed by atoms with Gasteiger partial charge in [0.15, 0.2) is 0 Å². The number of nitrogens with zero attached hydrogens (tertiary/aromatic N) is 1. The van der Waals surface area contributed by atoms with E-state index in [0.717, 1.165) is 29.8 Å². The number of aliphatic hydroxyl groups is 1. The number of pyridine rings is 1. The van der Waals surface area contributed by atoms with E-state index in [9.17, 15) is 0 Å². The van der Waals surface area contributed by atoms with E-state index in [2.05, 4.69) is 17.1 Å². The van der Waals surface area contributed by atoms with E-state index in [0.29, 0.717) is 6.42 Å². The quantitative estimate of drug-likeness (QED) is 0.864. The average Bonchev–Trinajstić information content (AvgIpc) is 2.47. The maximum atomic E-state index is 9.05. The van der Waals surface area contributed by atoms with Gasteiger partial charge in [-0.3, -0.25) is 4.98 Å². The second-order valence-corrected chi connectivity index (χ2v) is 4.43. The van der Waals surface area contributed by atoms with Crippen LogP contribution in [0, 0.1) is 0 Å². The first-order valence-corrected chi connectivity index (χ1v) is 6.50. The van der Waals surface area contributed by atoms with Crippen LogP contribution in [0.3, 0.4) is 0 Å². The van der Waals surface area contributed by atoms with Gasteiger partial charge in [0.25, 0.3) is 0 Å². The van der Waals surface area contributed by atoms with Crippen molar-refractivity contribution in [3.8, 4) is 5.75 Å². The lowest BCUT2D eigenvalue weighted by atomic mass is 10.0. The third kappa shape index (κ3) is 3.80. The summed E-state index contributed by atoms with van der Waals surface area (Å²) in [7, 11) is 1.67. The van der Waals surface area contributed by atoms with E-state index in [1.54, 1.807) is 7.11 Å². The Balaban J connectivity index is 2.01. The Kier molecular flexibility index (Phi) is 4.93. The predicted molar refractivity (Wildman–Crippen MR) is 75.4 cm³/mol. The molecule has 1 N–H and O–H groups in total. The zero-order valence-corrected chi connectivity index (χ0v) is 11.2. The first kappa shape index (κ1) is 13.6. The Morgan fingerprint density at radius 2 is 1.84 bits per heavy atom. The fraction of sp³-hybridized carbons (Fsp3) is 0.312. The van der Waals surface area contributed by atoms with E-state index < -0.39 is 0 Å². The van der Waals surface area contributed by atoms with Crippen LogP contribution in [0.15, 0.2) is 42.6 Å². The summed E-state index contributed by atoms with van der Waals surface area (Å²) in [5, 5.41) is 9.05. The molecule has 1 aromatic carbocycles. The molecule has 19 heavy (non-hydrogen) atoms. The van der Waals surface area contributed by atoms with Crippen LogP contribution >= 0.6 is 0 Å². The van der Waals surface area contributed by atoms with E-state index in [-0.39, 0.29) is 6.61 Å². The van der Waals surface area contributed by atoms with Crippen LogP contribution in [-0.4, -0.2) is 23.8 Å². The highest BCUT2D eigenvalue weighted by Gasteiger charge is 2.03. The molecule has 0 fully saturated rings. The molecule has 100 valence electrons. The molecule has 3 heteroatoms. The molecule has 2 rings (SSSR count). The third-order valence-corrected chi connectivity index (χ3v) is 3.18. The second-order valence-electron chi connectivity index (χ2n) is 4.43. The number of benzene rings is 1. The molecule has 0 aliphatic heterocycles. The lowest BCUT2D eigenvalue weighted by molar-refractivity contribution is 0.299. The Hall–Kier alpha value is -1.87. The van der Waals surface area contributed by atoms with Crippen molar-refractivity contribution in [2.24, 2.45) is 0 Å². The monoisotopic (exact) mass is 257 g/mol. The molecule has 0 unspecified atom stereocenters. The lowest BCUT2D eigenvalue weighted by Crippen LogP contribution is -2.02. The zero-order valence-electron chi connectivity index (χ0n) is 11.2. The summed E-state index contributed by atoms with van der Waals surface area (Å²) in [6.07, 6.45) is 4.32. The number of hydrogen-bond acceptors (Lipinski definition) is 3. The fourth-order valence-electron chi connectivity index (χ4n) is 2.10. The predicted octanol–water partition coefficient (Wildman–Crippen LogP) is 2.41. The topological polar surface area (TPSA) is 42.4 Å². The Morgan fingerprint density at radius 1 is 1.05 bits per heavy atom. The van der Waals surface area contributed by atoms with Gasteiger partial charge in [0.05, 0.1) is 7.11 Å². The van der Waals surface area contributed by atoms with E-state index in [4.69, 9.17) is 9.84 Å². The smallest absolute Gasteiger partial charge is 0.118 e. The van der Waals surface area contributed by atoms with Crippen LogP contribution < -0.4 is 4.74 Å². The highest BCUT2D eigenvalue weighted by molar-refractivity contribution is 5.28. The van der Waals surface area contributed by atoms with Gasteiger partial charge in [-0.1, -0.05) is 18.2 Å². The minimum atomic E-state index is 0.168. The third-order valence-electron chi connectivity index (χ3n) is 3.18. The van der Waals surface area contributed by atoms with Crippen molar-refractivity contribution >= 4 is 0 Å². The Bertz CT molecular complexity index is 508. The average molecular weight is 257 g/mol. The fourth-order valence-corrected chi connectivity index (χ4v) is 2.10. The van der Waals surface area contributed by atoms with E-state index in [1.165, 1.54) is 5.56 Å². The molecule has 0 saturated carbocycles. The summed E-state index contributed by atoms with van der Waals surface area (Å²) in [5.74, 6) is 0.877. The van der Waals surface area contributed by atoms with Gasteiger partial charge in [-0.2, -0.15) is 0 Å². The molecular formula is C16H19NO2. The molecule has 0 amide bonds. The molecule has 2 aromatic rings.